The minimum Gasteiger partial charge on any atom is -0.497 e. The van der Waals surface area contributed by atoms with Crippen LogP contribution in [0.15, 0.2) is 64.9 Å². The van der Waals surface area contributed by atoms with E-state index in [0.717, 1.165) is 10.5 Å². The third-order valence-corrected chi connectivity index (χ3v) is 6.40. The second kappa shape index (κ2) is 7.78. The molecular weight excluding hydrogens is 431 g/mol. The maximum Gasteiger partial charge on any atom is 0.335 e. The largest absolute Gasteiger partial charge is 0.497 e. The number of aliphatic imine (C=N–C) groups is 1. The Morgan fingerprint density at radius 2 is 1.83 bits per heavy atom. The molecule has 2 aliphatic heterocycles. The monoisotopic (exact) mass is 446 g/mol. The molecule has 4 rings (SSSR count). The van der Waals surface area contributed by atoms with Gasteiger partial charge < -0.3 is 14.7 Å². The molecule has 2 aromatic carbocycles. The number of thioether (sulfide) groups is 1. The van der Waals surface area contributed by atoms with E-state index in [0.29, 0.717) is 32.2 Å². The van der Waals surface area contributed by atoms with Crippen LogP contribution in [0.25, 0.3) is 4.91 Å². The van der Waals surface area contributed by atoms with Crippen molar-refractivity contribution in [3.05, 3.63) is 81.1 Å². The third-order valence-electron chi connectivity index (χ3n) is 4.75. The van der Waals surface area contributed by atoms with Gasteiger partial charge in [0.05, 0.1) is 34.5 Å². The van der Waals surface area contributed by atoms with E-state index in [9.17, 15) is 9.90 Å². The second-order valence-corrected chi connectivity index (χ2v) is 8.30. The Morgan fingerprint density at radius 3 is 2.41 bits per heavy atom. The summed E-state index contributed by atoms with van der Waals surface area (Å²) in [5.41, 5.74) is 2.22. The Balaban J connectivity index is 1.84. The first-order valence-corrected chi connectivity index (χ1v) is 10.3. The number of allylic oxidation sites excluding steroid dienone is 1. The lowest BCUT2D eigenvalue weighted by molar-refractivity contribution is -0.133. The fourth-order valence-corrected chi connectivity index (χ4v) is 5.24. The van der Waals surface area contributed by atoms with Crippen LogP contribution in [0.2, 0.25) is 10.0 Å². The van der Waals surface area contributed by atoms with E-state index >= 15 is 0 Å². The van der Waals surface area contributed by atoms with Gasteiger partial charge in [0, 0.05) is 16.7 Å². The number of carboxylic acid groups (broad SMARTS) is 1. The number of nitrogens with zero attached hydrogens (tertiary/aromatic N) is 2. The van der Waals surface area contributed by atoms with Gasteiger partial charge in [0.1, 0.15) is 5.75 Å². The van der Waals surface area contributed by atoms with Crippen molar-refractivity contribution < 1.29 is 14.6 Å². The topological polar surface area (TPSA) is 62.1 Å². The summed E-state index contributed by atoms with van der Waals surface area (Å²) in [6.45, 7) is 1.71. The lowest BCUT2D eigenvalue weighted by Crippen LogP contribution is -2.33. The molecule has 2 aromatic rings. The summed E-state index contributed by atoms with van der Waals surface area (Å²) in [7, 11) is 1.59. The molecule has 0 saturated heterocycles. The molecule has 5 nitrogen and oxygen atoms in total. The maximum atomic E-state index is 12.1. The van der Waals surface area contributed by atoms with E-state index in [-0.39, 0.29) is 5.57 Å². The summed E-state index contributed by atoms with van der Waals surface area (Å²) in [5.74, 6) is -0.306. The van der Waals surface area contributed by atoms with Crippen molar-refractivity contribution in [3.8, 4) is 5.75 Å². The van der Waals surface area contributed by atoms with E-state index in [1.807, 2.05) is 35.4 Å². The van der Waals surface area contributed by atoms with Crippen LogP contribution in [0.3, 0.4) is 0 Å². The number of aliphatic carboxylic acids is 1. The molecule has 1 atom stereocenters. The third kappa shape index (κ3) is 3.52. The predicted molar refractivity (Wildman–Crippen MR) is 117 cm³/mol. The summed E-state index contributed by atoms with van der Waals surface area (Å²) >= 11 is 14.2. The first-order chi connectivity index (χ1) is 13.9. The number of carbonyl (C=O) groups is 1. The summed E-state index contributed by atoms with van der Waals surface area (Å²) in [5, 5.41) is 11.6. The summed E-state index contributed by atoms with van der Waals surface area (Å²) in [6.07, 6.45) is 1.86. The number of rotatable bonds is 4. The van der Waals surface area contributed by atoms with Gasteiger partial charge in [0.15, 0.2) is 5.17 Å². The molecule has 0 aliphatic carbocycles. The molecule has 0 fully saturated rings. The molecule has 2 heterocycles. The van der Waals surface area contributed by atoms with Crippen LogP contribution in [-0.2, 0) is 4.79 Å². The Bertz CT molecular complexity index is 1070. The number of hydrogen-bond acceptors (Lipinski definition) is 5. The van der Waals surface area contributed by atoms with Crippen LogP contribution in [0, 0.1) is 0 Å². The molecule has 1 N–H and O–H groups in total. The van der Waals surface area contributed by atoms with Crippen molar-refractivity contribution in [2.75, 3.05) is 7.11 Å². The molecule has 0 amide bonds. The average Bonchev–Trinajstić information content (AvgIpc) is 3.09. The highest BCUT2D eigenvalue weighted by atomic mass is 35.5. The van der Waals surface area contributed by atoms with Gasteiger partial charge in [-0.2, -0.15) is 0 Å². The first-order valence-electron chi connectivity index (χ1n) is 8.69. The Morgan fingerprint density at radius 1 is 1.17 bits per heavy atom. The van der Waals surface area contributed by atoms with Crippen LogP contribution >= 0.6 is 35.0 Å². The molecule has 148 valence electrons. The number of benzene rings is 2. The minimum atomic E-state index is -1.01. The van der Waals surface area contributed by atoms with E-state index in [1.165, 1.54) is 11.8 Å². The summed E-state index contributed by atoms with van der Waals surface area (Å²) < 4.78 is 5.23. The van der Waals surface area contributed by atoms with Crippen molar-refractivity contribution in [2.45, 2.75) is 13.0 Å². The van der Waals surface area contributed by atoms with Gasteiger partial charge in [-0.1, -0.05) is 41.4 Å². The van der Waals surface area contributed by atoms with E-state index in [2.05, 4.69) is 4.99 Å². The fourth-order valence-electron chi connectivity index (χ4n) is 3.40. The minimum absolute atomic E-state index is 0.224. The van der Waals surface area contributed by atoms with Crippen LogP contribution in [0.5, 0.6) is 5.75 Å². The smallest absolute Gasteiger partial charge is 0.335 e. The number of halogens is 2. The summed E-state index contributed by atoms with van der Waals surface area (Å²) in [4.78, 5) is 19.3. The van der Waals surface area contributed by atoms with Gasteiger partial charge in [0.25, 0.3) is 0 Å². The van der Waals surface area contributed by atoms with E-state index < -0.39 is 12.0 Å². The maximum absolute atomic E-state index is 12.1. The quantitative estimate of drug-likeness (QED) is 0.640. The zero-order valence-electron chi connectivity index (χ0n) is 15.5. The lowest BCUT2D eigenvalue weighted by atomic mass is 9.95. The number of carboxylic acids is 1. The van der Waals surface area contributed by atoms with Gasteiger partial charge in [-0.3, -0.25) is 0 Å². The highest BCUT2D eigenvalue weighted by molar-refractivity contribution is 8.22. The zero-order valence-corrected chi connectivity index (χ0v) is 17.8. The second-order valence-electron chi connectivity index (χ2n) is 6.47. The van der Waals surface area contributed by atoms with Crippen LogP contribution in [0.4, 0.5) is 0 Å². The van der Waals surface area contributed by atoms with E-state index in [1.54, 1.807) is 32.2 Å². The van der Waals surface area contributed by atoms with E-state index in [4.69, 9.17) is 27.9 Å². The molecule has 0 saturated carbocycles. The van der Waals surface area contributed by atoms with Gasteiger partial charge in [-0.25, -0.2) is 9.79 Å². The lowest BCUT2D eigenvalue weighted by Gasteiger charge is -2.32. The molecule has 0 spiro atoms. The SMILES string of the molecule is COc1ccc(C2C(C(=O)O)=C(C)N=C3SC(c4c(Cl)cccc4Cl)=CN32)cc1. The number of methoxy groups -OCH3 is 1. The van der Waals surface area contributed by atoms with Gasteiger partial charge >= 0.3 is 5.97 Å². The molecular formula is C21H16Cl2N2O3S. The first kappa shape index (κ1) is 19.9. The van der Waals surface area contributed by atoms with Gasteiger partial charge in [-0.15, -0.1) is 0 Å². The van der Waals surface area contributed by atoms with Crippen molar-refractivity contribution >= 4 is 51.0 Å². The Kier molecular flexibility index (Phi) is 5.34. The normalized spacial score (nSPS) is 18.3. The van der Waals surface area contributed by atoms with Crippen molar-refractivity contribution in [1.29, 1.82) is 0 Å². The molecule has 1 unspecified atom stereocenters. The zero-order chi connectivity index (χ0) is 20.7. The molecule has 2 aliphatic rings. The molecule has 0 radical (unpaired) electrons. The van der Waals surface area contributed by atoms with Crippen molar-refractivity contribution in [1.82, 2.24) is 4.90 Å². The van der Waals surface area contributed by atoms with Crippen molar-refractivity contribution in [2.24, 2.45) is 4.99 Å². The molecule has 0 bridgehead atoms. The highest BCUT2D eigenvalue weighted by Gasteiger charge is 2.39. The Hall–Kier alpha value is -2.41. The van der Waals surface area contributed by atoms with Crippen LogP contribution in [0.1, 0.15) is 24.1 Å². The van der Waals surface area contributed by atoms with Crippen LogP contribution < -0.4 is 4.74 Å². The van der Waals surface area contributed by atoms with Gasteiger partial charge in [-0.05, 0) is 48.5 Å². The fraction of sp³-hybridized carbons (Fsp3) is 0.143. The van der Waals surface area contributed by atoms with Crippen molar-refractivity contribution in [3.63, 3.8) is 0 Å². The van der Waals surface area contributed by atoms with Gasteiger partial charge in [0.2, 0.25) is 0 Å². The average molecular weight is 447 g/mol. The highest BCUT2D eigenvalue weighted by Crippen LogP contribution is 2.48. The number of fused-ring (bicyclic) bond motifs is 1. The molecule has 0 aromatic heterocycles. The summed E-state index contributed by atoms with van der Waals surface area (Å²) in [6, 6.07) is 12.2. The predicted octanol–water partition coefficient (Wildman–Crippen LogP) is 5.82. The molecule has 8 heteroatoms. The Labute approximate surface area is 182 Å². The number of ether oxygens (including phenoxy) is 1. The van der Waals surface area contributed by atoms with Crippen LogP contribution in [-0.4, -0.2) is 28.3 Å². The molecule has 29 heavy (non-hydrogen) atoms. The standard InChI is InChI=1S/C21H16Cl2N2O3S/c1-11-17(20(26)27)19(12-6-8-13(28-2)9-7-12)25-10-16(29-21(25)24-11)18-14(22)4-3-5-15(18)23/h3-10,19H,1-2H3,(H,26,27). The number of amidine groups is 1. The number of hydrogen-bond donors (Lipinski definition) is 1.